The van der Waals surface area contributed by atoms with Gasteiger partial charge in [-0.05, 0) is 32.4 Å². The molecule has 0 radical (unpaired) electrons. The summed E-state index contributed by atoms with van der Waals surface area (Å²) in [7, 11) is 1.79. The fraction of sp³-hybridized carbons (Fsp3) is 0.421. The Morgan fingerprint density at radius 2 is 1.92 bits per heavy atom. The standard InChI is InChI=1S/C19H24N4OS/c1-5-6-11-23-14(3)13(2)20-19(23)25-12-17-21-16-10-8-7-9-15(16)18(24)22(17)4/h7-10H,5-6,11-12H2,1-4H3. The number of imidazole rings is 1. The van der Waals surface area contributed by atoms with Crippen LogP contribution in [0, 0.1) is 13.8 Å². The van der Waals surface area contributed by atoms with Gasteiger partial charge in [0.25, 0.3) is 5.56 Å². The summed E-state index contributed by atoms with van der Waals surface area (Å²) < 4.78 is 3.93. The van der Waals surface area contributed by atoms with Gasteiger partial charge in [0.15, 0.2) is 5.16 Å². The summed E-state index contributed by atoms with van der Waals surface area (Å²) in [5.74, 6) is 1.40. The summed E-state index contributed by atoms with van der Waals surface area (Å²) in [6, 6.07) is 7.50. The van der Waals surface area contributed by atoms with Gasteiger partial charge in [0.2, 0.25) is 0 Å². The number of aromatic nitrogens is 4. The van der Waals surface area contributed by atoms with Crippen LogP contribution in [0.15, 0.2) is 34.2 Å². The van der Waals surface area contributed by atoms with Crippen molar-refractivity contribution in [3.63, 3.8) is 0 Å². The molecule has 0 spiro atoms. The van der Waals surface area contributed by atoms with Crippen LogP contribution in [0.3, 0.4) is 0 Å². The summed E-state index contributed by atoms with van der Waals surface area (Å²) in [5, 5.41) is 1.67. The molecule has 0 amide bonds. The van der Waals surface area contributed by atoms with Gasteiger partial charge in [-0.15, -0.1) is 0 Å². The summed E-state index contributed by atoms with van der Waals surface area (Å²) in [4.78, 5) is 21.9. The number of para-hydroxylation sites is 1. The number of thioether (sulfide) groups is 1. The maximum Gasteiger partial charge on any atom is 0.261 e. The number of benzene rings is 1. The lowest BCUT2D eigenvalue weighted by Crippen LogP contribution is -2.22. The second-order valence-corrected chi connectivity index (χ2v) is 7.21. The molecule has 0 aliphatic carbocycles. The largest absolute Gasteiger partial charge is 0.323 e. The van der Waals surface area contributed by atoms with Crippen molar-refractivity contribution in [1.29, 1.82) is 0 Å². The van der Waals surface area contributed by atoms with Gasteiger partial charge >= 0.3 is 0 Å². The average Bonchev–Trinajstić information content (AvgIpc) is 2.89. The molecule has 3 rings (SSSR count). The summed E-state index contributed by atoms with van der Waals surface area (Å²) in [6.07, 6.45) is 2.29. The molecule has 25 heavy (non-hydrogen) atoms. The predicted molar refractivity (Wildman–Crippen MR) is 103 cm³/mol. The van der Waals surface area contributed by atoms with Crippen molar-refractivity contribution in [3.05, 3.63) is 51.8 Å². The lowest BCUT2D eigenvalue weighted by atomic mass is 10.2. The molecule has 0 saturated carbocycles. The van der Waals surface area contributed by atoms with Crippen molar-refractivity contribution in [1.82, 2.24) is 19.1 Å². The maximum absolute atomic E-state index is 12.5. The number of rotatable bonds is 6. The Morgan fingerprint density at radius 1 is 1.16 bits per heavy atom. The Bertz CT molecular complexity index is 958. The molecule has 3 aromatic rings. The van der Waals surface area contributed by atoms with E-state index in [0.717, 1.165) is 41.6 Å². The van der Waals surface area contributed by atoms with Gasteiger partial charge in [-0.3, -0.25) is 9.36 Å². The fourth-order valence-corrected chi connectivity index (χ4v) is 3.94. The molecule has 0 fully saturated rings. The van der Waals surface area contributed by atoms with Crippen LogP contribution in [-0.2, 0) is 19.3 Å². The van der Waals surface area contributed by atoms with Crippen LogP contribution in [0.25, 0.3) is 10.9 Å². The quantitative estimate of drug-likeness (QED) is 0.630. The van der Waals surface area contributed by atoms with Gasteiger partial charge < -0.3 is 4.57 Å². The molecule has 0 bridgehead atoms. The Labute approximate surface area is 152 Å². The van der Waals surface area contributed by atoms with Gasteiger partial charge in [0.05, 0.1) is 22.3 Å². The highest BCUT2D eigenvalue weighted by Gasteiger charge is 2.14. The summed E-state index contributed by atoms with van der Waals surface area (Å²) in [5.41, 5.74) is 3.04. The van der Waals surface area contributed by atoms with Gasteiger partial charge in [0, 0.05) is 19.3 Å². The zero-order chi connectivity index (χ0) is 18.0. The molecule has 0 aliphatic heterocycles. The zero-order valence-electron chi connectivity index (χ0n) is 15.2. The average molecular weight is 356 g/mol. The smallest absolute Gasteiger partial charge is 0.261 e. The molecular formula is C19H24N4OS. The molecule has 132 valence electrons. The highest BCUT2D eigenvalue weighted by molar-refractivity contribution is 7.98. The lowest BCUT2D eigenvalue weighted by molar-refractivity contribution is 0.575. The number of aryl methyl sites for hydroxylation is 1. The van der Waals surface area contributed by atoms with Crippen LogP contribution in [0.1, 0.15) is 37.0 Å². The van der Waals surface area contributed by atoms with Crippen molar-refractivity contribution in [2.45, 2.75) is 51.1 Å². The van der Waals surface area contributed by atoms with Gasteiger partial charge in [0.1, 0.15) is 5.82 Å². The molecule has 5 nitrogen and oxygen atoms in total. The fourth-order valence-electron chi connectivity index (χ4n) is 2.84. The van der Waals surface area contributed by atoms with E-state index in [2.05, 4.69) is 23.4 Å². The maximum atomic E-state index is 12.5. The minimum absolute atomic E-state index is 0.00267. The molecule has 0 saturated heterocycles. The number of unbranched alkanes of at least 4 members (excludes halogenated alkanes) is 1. The Hall–Kier alpha value is -2.08. The number of hydrogen-bond acceptors (Lipinski definition) is 4. The molecule has 0 aliphatic rings. The molecule has 6 heteroatoms. The van der Waals surface area contributed by atoms with Crippen molar-refractivity contribution in [2.24, 2.45) is 7.05 Å². The lowest BCUT2D eigenvalue weighted by Gasteiger charge is -2.11. The second kappa shape index (κ2) is 7.44. The first-order valence-corrected chi connectivity index (χ1v) is 9.62. The van der Waals surface area contributed by atoms with Crippen molar-refractivity contribution >= 4 is 22.7 Å². The van der Waals surface area contributed by atoms with E-state index in [4.69, 9.17) is 4.98 Å². The summed E-state index contributed by atoms with van der Waals surface area (Å²) >= 11 is 1.65. The number of hydrogen-bond donors (Lipinski definition) is 0. The molecule has 0 N–H and O–H groups in total. The predicted octanol–water partition coefficient (Wildman–Crippen LogP) is 3.84. The second-order valence-electron chi connectivity index (χ2n) is 6.27. The van der Waals surface area contributed by atoms with Gasteiger partial charge in [-0.1, -0.05) is 37.2 Å². The van der Waals surface area contributed by atoms with Crippen LogP contribution in [-0.4, -0.2) is 19.1 Å². The van der Waals surface area contributed by atoms with E-state index in [1.807, 2.05) is 31.2 Å². The molecular weight excluding hydrogens is 332 g/mol. The Balaban J connectivity index is 1.90. The molecule has 0 unspecified atom stereocenters. The van der Waals surface area contributed by atoms with Crippen molar-refractivity contribution in [3.8, 4) is 0 Å². The first-order valence-electron chi connectivity index (χ1n) is 8.64. The third kappa shape index (κ3) is 3.49. The Kier molecular flexibility index (Phi) is 5.27. The van der Waals surface area contributed by atoms with E-state index in [0.29, 0.717) is 11.1 Å². The van der Waals surface area contributed by atoms with E-state index in [1.54, 1.807) is 23.4 Å². The minimum atomic E-state index is 0.00267. The third-order valence-corrected chi connectivity index (χ3v) is 5.54. The highest BCUT2D eigenvalue weighted by atomic mass is 32.2. The van der Waals surface area contributed by atoms with E-state index >= 15 is 0 Å². The molecule has 2 aromatic heterocycles. The monoisotopic (exact) mass is 356 g/mol. The normalized spacial score (nSPS) is 11.4. The third-order valence-electron chi connectivity index (χ3n) is 4.56. The van der Waals surface area contributed by atoms with E-state index in [1.165, 1.54) is 5.69 Å². The number of nitrogens with zero attached hydrogens (tertiary/aromatic N) is 4. The minimum Gasteiger partial charge on any atom is -0.323 e. The number of fused-ring (bicyclic) bond motifs is 1. The van der Waals surface area contributed by atoms with E-state index in [9.17, 15) is 4.79 Å². The molecule has 2 heterocycles. The Morgan fingerprint density at radius 3 is 2.68 bits per heavy atom. The van der Waals surface area contributed by atoms with Crippen LogP contribution in [0.4, 0.5) is 0 Å². The SMILES string of the molecule is CCCCn1c(SCc2nc3ccccc3c(=O)n2C)nc(C)c1C. The first-order chi connectivity index (χ1) is 12.0. The topological polar surface area (TPSA) is 52.7 Å². The summed E-state index contributed by atoms with van der Waals surface area (Å²) in [6.45, 7) is 7.34. The van der Waals surface area contributed by atoms with Gasteiger partial charge in [-0.25, -0.2) is 9.97 Å². The van der Waals surface area contributed by atoms with Crippen LogP contribution >= 0.6 is 11.8 Å². The van der Waals surface area contributed by atoms with E-state index < -0.39 is 0 Å². The molecule has 1 aromatic carbocycles. The highest BCUT2D eigenvalue weighted by Crippen LogP contribution is 2.25. The van der Waals surface area contributed by atoms with Gasteiger partial charge in [-0.2, -0.15) is 0 Å². The van der Waals surface area contributed by atoms with Crippen LogP contribution in [0.5, 0.6) is 0 Å². The van der Waals surface area contributed by atoms with Crippen LogP contribution in [0.2, 0.25) is 0 Å². The van der Waals surface area contributed by atoms with E-state index in [-0.39, 0.29) is 5.56 Å². The van der Waals surface area contributed by atoms with Crippen molar-refractivity contribution in [2.75, 3.05) is 0 Å². The zero-order valence-corrected chi connectivity index (χ0v) is 16.1. The van der Waals surface area contributed by atoms with Crippen molar-refractivity contribution < 1.29 is 0 Å². The molecule has 0 atom stereocenters. The first kappa shape index (κ1) is 17.7. The van der Waals surface area contributed by atoms with Crippen LogP contribution < -0.4 is 5.56 Å².